The summed E-state index contributed by atoms with van der Waals surface area (Å²) in [7, 11) is 0. The van der Waals surface area contributed by atoms with Crippen molar-refractivity contribution in [2.24, 2.45) is 0 Å². The van der Waals surface area contributed by atoms with Gasteiger partial charge in [-0.2, -0.15) is 0 Å². The van der Waals surface area contributed by atoms with Gasteiger partial charge >= 0.3 is 0 Å². The Labute approximate surface area is 93.6 Å². The molecule has 3 nitrogen and oxygen atoms in total. The fourth-order valence-corrected chi connectivity index (χ4v) is 1.89. The number of rotatable bonds is 3. The summed E-state index contributed by atoms with van der Waals surface area (Å²) in [5.41, 5.74) is 0.783. The Hall–Kier alpha value is -0.930. The number of halogens is 1. The zero-order chi connectivity index (χ0) is 10.8. The first kappa shape index (κ1) is 10.6. The summed E-state index contributed by atoms with van der Waals surface area (Å²) in [6.45, 7) is 2.22. The number of hydrogen-bond donors (Lipinski definition) is 1. The monoisotopic (exact) mass is 228 g/mol. The molecular formula is C11H13ClO3. The Morgan fingerprint density at radius 3 is 3.00 bits per heavy atom. The van der Waals surface area contributed by atoms with Gasteiger partial charge in [0.1, 0.15) is 0 Å². The van der Waals surface area contributed by atoms with Crippen LogP contribution < -0.4 is 9.47 Å². The summed E-state index contributed by atoms with van der Waals surface area (Å²) in [6, 6.07) is 3.52. The van der Waals surface area contributed by atoms with E-state index in [1.807, 2.05) is 6.92 Å². The van der Waals surface area contributed by atoms with Gasteiger partial charge in [0.05, 0.1) is 11.1 Å². The molecule has 0 spiro atoms. The second-order valence-electron chi connectivity index (χ2n) is 3.54. The van der Waals surface area contributed by atoms with Gasteiger partial charge in [-0.1, -0.05) is 24.9 Å². The average molecular weight is 229 g/mol. The topological polar surface area (TPSA) is 38.7 Å². The molecule has 0 radical (unpaired) electrons. The lowest BCUT2D eigenvalue weighted by molar-refractivity contribution is 0.164. The molecule has 1 aromatic rings. The maximum absolute atomic E-state index is 9.82. The van der Waals surface area contributed by atoms with Gasteiger partial charge in [-0.05, 0) is 24.1 Å². The molecule has 0 saturated carbocycles. The van der Waals surface area contributed by atoms with Crippen molar-refractivity contribution >= 4 is 11.6 Å². The Balaban J connectivity index is 2.30. The van der Waals surface area contributed by atoms with Crippen molar-refractivity contribution in [1.29, 1.82) is 0 Å². The average Bonchev–Trinajstić information content (AvgIpc) is 2.66. The predicted molar refractivity (Wildman–Crippen MR) is 57.4 cm³/mol. The molecule has 0 amide bonds. The van der Waals surface area contributed by atoms with E-state index < -0.39 is 6.10 Å². The molecule has 1 N–H and O–H groups in total. The van der Waals surface area contributed by atoms with E-state index in [1.54, 1.807) is 12.1 Å². The van der Waals surface area contributed by atoms with Gasteiger partial charge in [-0.25, -0.2) is 0 Å². The summed E-state index contributed by atoms with van der Waals surface area (Å²) in [5, 5.41) is 10.3. The van der Waals surface area contributed by atoms with Crippen LogP contribution in [0.4, 0.5) is 0 Å². The second-order valence-corrected chi connectivity index (χ2v) is 3.95. The van der Waals surface area contributed by atoms with E-state index in [0.717, 1.165) is 18.4 Å². The van der Waals surface area contributed by atoms with Crippen molar-refractivity contribution in [1.82, 2.24) is 0 Å². The molecule has 1 unspecified atom stereocenters. The molecule has 4 heteroatoms. The van der Waals surface area contributed by atoms with Gasteiger partial charge in [0, 0.05) is 0 Å². The van der Waals surface area contributed by atoms with E-state index in [2.05, 4.69) is 0 Å². The van der Waals surface area contributed by atoms with Crippen LogP contribution in [0.1, 0.15) is 31.4 Å². The Morgan fingerprint density at radius 1 is 1.47 bits per heavy atom. The lowest BCUT2D eigenvalue weighted by atomic mass is 10.0. The second kappa shape index (κ2) is 4.29. The van der Waals surface area contributed by atoms with Crippen LogP contribution in [0.3, 0.4) is 0 Å². The Kier molecular flexibility index (Phi) is 3.03. The highest BCUT2D eigenvalue weighted by molar-refractivity contribution is 6.32. The standard InChI is InChI=1S/C11H13ClO3/c1-2-3-9(13)7-4-8(12)11-10(5-7)14-6-15-11/h4-5,9,13H,2-3,6H2,1H3. The Morgan fingerprint density at radius 2 is 2.27 bits per heavy atom. The number of ether oxygens (including phenoxy) is 2. The van der Waals surface area contributed by atoms with Crippen LogP contribution in [-0.4, -0.2) is 11.9 Å². The van der Waals surface area contributed by atoms with Gasteiger partial charge in [0.25, 0.3) is 0 Å². The quantitative estimate of drug-likeness (QED) is 0.865. The number of benzene rings is 1. The fourth-order valence-electron chi connectivity index (χ4n) is 1.62. The molecule has 1 aliphatic heterocycles. The molecule has 2 rings (SSSR count). The van der Waals surface area contributed by atoms with Crippen LogP contribution >= 0.6 is 11.6 Å². The molecule has 1 aliphatic rings. The smallest absolute Gasteiger partial charge is 0.231 e. The van der Waals surface area contributed by atoms with Gasteiger partial charge in [0.2, 0.25) is 6.79 Å². The third-order valence-electron chi connectivity index (χ3n) is 2.40. The highest BCUT2D eigenvalue weighted by Gasteiger charge is 2.20. The maximum atomic E-state index is 9.82. The molecule has 15 heavy (non-hydrogen) atoms. The van der Waals surface area contributed by atoms with Crippen LogP contribution in [0.25, 0.3) is 0 Å². The lowest BCUT2D eigenvalue weighted by Gasteiger charge is -2.11. The van der Waals surface area contributed by atoms with E-state index in [4.69, 9.17) is 21.1 Å². The SMILES string of the molecule is CCCC(O)c1cc(Cl)c2c(c1)OCO2. The zero-order valence-electron chi connectivity index (χ0n) is 8.50. The Bertz CT molecular complexity index is 365. The number of aliphatic hydroxyl groups is 1. The molecule has 0 fully saturated rings. The van der Waals surface area contributed by atoms with E-state index >= 15 is 0 Å². The highest BCUT2D eigenvalue weighted by atomic mass is 35.5. The van der Waals surface area contributed by atoms with Gasteiger partial charge < -0.3 is 14.6 Å². The largest absolute Gasteiger partial charge is 0.454 e. The maximum Gasteiger partial charge on any atom is 0.231 e. The van der Waals surface area contributed by atoms with Gasteiger partial charge in [-0.15, -0.1) is 0 Å². The van der Waals surface area contributed by atoms with Crippen LogP contribution in [-0.2, 0) is 0 Å². The van der Waals surface area contributed by atoms with Crippen molar-refractivity contribution in [2.75, 3.05) is 6.79 Å². The number of aliphatic hydroxyl groups excluding tert-OH is 1. The van der Waals surface area contributed by atoms with Crippen LogP contribution in [0, 0.1) is 0 Å². The molecule has 1 heterocycles. The fraction of sp³-hybridized carbons (Fsp3) is 0.455. The minimum absolute atomic E-state index is 0.197. The van der Waals surface area contributed by atoms with Gasteiger partial charge in [-0.3, -0.25) is 0 Å². The van der Waals surface area contributed by atoms with Crippen LogP contribution in [0.15, 0.2) is 12.1 Å². The summed E-state index contributed by atoms with van der Waals surface area (Å²) < 4.78 is 10.4. The molecule has 82 valence electrons. The normalized spacial score (nSPS) is 15.4. The lowest BCUT2D eigenvalue weighted by Crippen LogP contribution is -1.96. The molecule has 1 atom stereocenters. The highest BCUT2D eigenvalue weighted by Crippen LogP contribution is 2.41. The molecule has 0 aromatic heterocycles. The molecule has 0 aliphatic carbocycles. The van der Waals surface area contributed by atoms with Crippen molar-refractivity contribution < 1.29 is 14.6 Å². The molecule has 1 aromatic carbocycles. The van der Waals surface area contributed by atoms with E-state index in [9.17, 15) is 5.11 Å². The summed E-state index contributed by atoms with van der Waals surface area (Å²) >= 11 is 6.00. The third-order valence-corrected chi connectivity index (χ3v) is 2.68. The third kappa shape index (κ3) is 2.03. The van der Waals surface area contributed by atoms with Crippen molar-refractivity contribution in [3.63, 3.8) is 0 Å². The van der Waals surface area contributed by atoms with Crippen molar-refractivity contribution in [2.45, 2.75) is 25.9 Å². The van der Waals surface area contributed by atoms with Gasteiger partial charge in [0.15, 0.2) is 11.5 Å². The van der Waals surface area contributed by atoms with Crippen LogP contribution in [0.5, 0.6) is 11.5 Å². The molecular weight excluding hydrogens is 216 g/mol. The zero-order valence-corrected chi connectivity index (χ0v) is 9.25. The first-order chi connectivity index (χ1) is 7.22. The number of hydrogen-bond acceptors (Lipinski definition) is 3. The minimum atomic E-state index is -0.484. The number of fused-ring (bicyclic) bond motifs is 1. The van der Waals surface area contributed by atoms with Crippen molar-refractivity contribution in [3.05, 3.63) is 22.7 Å². The van der Waals surface area contributed by atoms with E-state index in [-0.39, 0.29) is 6.79 Å². The first-order valence-corrected chi connectivity index (χ1v) is 5.37. The van der Waals surface area contributed by atoms with Crippen molar-refractivity contribution in [3.8, 4) is 11.5 Å². The summed E-state index contributed by atoms with van der Waals surface area (Å²) in [4.78, 5) is 0. The molecule has 0 bridgehead atoms. The van der Waals surface area contributed by atoms with E-state index in [1.165, 1.54) is 0 Å². The van der Waals surface area contributed by atoms with Crippen LogP contribution in [0.2, 0.25) is 5.02 Å². The van der Waals surface area contributed by atoms with E-state index in [0.29, 0.717) is 16.5 Å². The summed E-state index contributed by atoms with van der Waals surface area (Å²) in [5.74, 6) is 1.19. The first-order valence-electron chi connectivity index (χ1n) is 4.99. The summed E-state index contributed by atoms with van der Waals surface area (Å²) in [6.07, 6.45) is 1.16. The minimum Gasteiger partial charge on any atom is -0.454 e. The predicted octanol–water partition coefficient (Wildman–Crippen LogP) is 2.90. The molecule has 0 saturated heterocycles.